The number of fused-ring (bicyclic) bond motifs is 1. The Morgan fingerprint density at radius 2 is 1.96 bits per heavy atom. The molecule has 0 fully saturated rings. The van der Waals surface area contributed by atoms with Crippen LogP contribution < -0.4 is 11.1 Å². The fourth-order valence-electron chi connectivity index (χ4n) is 2.52. The molecular formula is C16H11N3O6. The minimum atomic E-state index is -1.11. The van der Waals surface area contributed by atoms with E-state index in [1.54, 1.807) is 6.07 Å². The highest BCUT2D eigenvalue weighted by Gasteiger charge is 2.13. The van der Waals surface area contributed by atoms with E-state index in [2.05, 4.69) is 4.98 Å². The first-order valence-electron chi connectivity index (χ1n) is 7.10. The third-order valence-electron chi connectivity index (χ3n) is 3.68. The number of aromatic nitrogens is 2. The van der Waals surface area contributed by atoms with Gasteiger partial charge in [0.15, 0.2) is 0 Å². The number of nitro benzene ring substituents is 1. The summed E-state index contributed by atoms with van der Waals surface area (Å²) in [7, 11) is 0. The molecule has 9 heteroatoms. The van der Waals surface area contributed by atoms with E-state index in [9.17, 15) is 24.5 Å². The van der Waals surface area contributed by atoms with Crippen molar-refractivity contribution in [3.63, 3.8) is 0 Å². The largest absolute Gasteiger partial charge is 0.478 e. The fraction of sp³-hybridized carbons (Fsp3) is 0.0625. The van der Waals surface area contributed by atoms with Gasteiger partial charge in [0.2, 0.25) is 0 Å². The van der Waals surface area contributed by atoms with E-state index in [0.29, 0.717) is 11.1 Å². The Kier molecular flexibility index (Phi) is 3.89. The molecule has 1 heterocycles. The number of nitrogens with zero attached hydrogens (tertiary/aromatic N) is 2. The summed E-state index contributed by atoms with van der Waals surface area (Å²) in [5, 5.41) is 19.9. The SMILES string of the molecule is O=C(O)c1cccc(Cn2c(=O)c(=O)[nH]c3cc([N+](=O)[O-])ccc32)c1. The molecule has 0 bridgehead atoms. The van der Waals surface area contributed by atoms with Gasteiger partial charge in [-0.1, -0.05) is 12.1 Å². The lowest BCUT2D eigenvalue weighted by Crippen LogP contribution is -2.36. The van der Waals surface area contributed by atoms with Gasteiger partial charge in [0, 0.05) is 12.1 Å². The predicted octanol–water partition coefficient (Wildman–Crippen LogP) is 1.34. The van der Waals surface area contributed by atoms with Crippen molar-refractivity contribution in [2.75, 3.05) is 0 Å². The number of aromatic carboxylic acids is 1. The van der Waals surface area contributed by atoms with Gasteiger partial charge in [0.05, 0.1) is 28.1 Å². The van der Waals surface area contributed by atoms with Crippen LogP contribution in [-0.2, 0) is 6.54 Å². The average molecular weight is 341 g/mol. The lowest BCUT2D eigenvalue weighted by atomic mass is 10.1. The molecule has 2 N–H and O–H groups in total. The van der Waals surface area contributed by atoms with Crippen LogP contribution >= 0.6 is 0 Å². The van der Waals surface area contributed by atoms with Crippen molar-refractivity contribution in [2.24, 2.45) is 0 Å². The highest BCUT2D eigenvalue weighted by Crippen LogP contribution is 2.18. The Balaban J connectivity index is 2.18. The number of carboxylic acid groups (broad SMARTS) is 1. The van der Waals surface area contributed by atoms with E-state index < -0.39 is 22.0 Å². The number of hydrogen-bond acceptors (Lipinski definition) is 5. The Morgan fingerprint density at radius 3 is 2.64 bits per heavy atom. The van der Waals surface area contributed by atoms with E-state index in [1.165, 1.54) is 36.4 Å². The Hall–Kier alpha value is -3.75. The third kappa shape index (κ3) is 3.02. The summed E-state index contributed by atoms with van der Waals surface area (Å²) < 4.78 is 1.15. The van der Waals surface area contributed by atoms with Crippen molar-refractivity contribution in [1.82, 2.24) is 9.55 Å². The Bertz CT molecular complexity index is 1130. The highest BCUT2D eigenvalue weighted by molar-refractivity contribution is 5.87. The van der Waals surface area contributed by atoms with E-state index in [-0.39, 0.29) is 23.3 Å². The maximum absolute atomic E-state index is 12.2. The van der Waals surface area contributed by atoms with Crippen LogP contribution in [0.2, 0.25) is 0 Å². The number of nitro groups is 1. The lowest BCUT2D eigenvalue weighted by molar-refractivity contribution is -0.384. The normalized spacial score (nSPS) is 10.7. The standard InChI is InChI=1S/C16H11N3O6/c20-14-15(21)18(8-9-2-1-3-10(6-9)16(22)23)13-5-4-11(19(24)25)7-12(13)17-14/h1-7H,8H2,(H,17,20)(H,22,23). The highest BCUT2D eigenvalue weighted by atomic mass is 16.6. The minimum Gasteiger partial charge on any atom is -0.478 e. The van der Waals surface area contributed by atoms with Crippen LogP contribution in [0, 0.1) is 10.1 Å². The quantitative estimate of drug-likeness (QED) is 0.418. The second-order valence-corrected chi connectivity index (χ2v) is 5.31. The molecule has 0 amide bonds. The summed E-state index contributed by atoms with van der Waals surface area (Å²) in [6.07, 6.45) is 0. The van der Waals surface area contributed by atoms with Gasteiger partial charge in [0.25, 0.3) is 5.69 Å². The molecule has 126 valence electrons. The van der Waals surface area contributed by atoms with Crippen molar-refractivity contribution >= 4 is 22.7 Å². The van der Waals surface area contributed by atoms with E-state index in [0.717, 1.165) is 4.57 Å². The van der Waals surface area contributed by atoms with Crippen molar-refractivity contribution in [3.05, 3.63) is 84.4 Å². The Morgan fingerprint density at radius 1 is 1.20 bits per heavy atom. The molecule has 0 unspecified atom stereocenters. The van der Waals surface area contributed by atoms with E-state index in [1.807, 2.05) is 0 Å². The van der Waals surface area contributed by atoms with E-state index >= 15 is 0 Å². The molecule has 0 saturated carbocycles. The molecule has 0 radical (unpaired) electrons. The number of carbonyl (C=O) groups is 1. The van der Waals surface area contributed by atoms with Gasteiger partial charge >= 0.3 is 17.1 Å². The van der Waals surface area contributed by atoms with Crippen LogP contribution in [0.1, 0.15) is 15.9 Å². The van der Waals surface area contributed by atoms with Crippen LogP contribution in [0.3, 0.4) is 0 Å². The molecule has 2 aromatic carbocycles. The summed E-state index contributed by atoms with van der Waals surface area (Å²) in [5.41, 5.74) is -0.961. The second kappa shape index (κ2) is 6.04. The monoisotopic (exact) mass is 341 g/mol. The summed E-state index contributed by atoms with van der Waals surface area (Å²) in [4.78, 5) is 47.7. The maximum atomic E-state index is 12.2. The molecule has 0 aliphatic heterocycles. The zero-order chi connectivity index (χ0) is 18.1. The number of aromatic amines is 1. The van der Waals surface area contributed by atoms with Gasteiger partial charge in [-0.05, 0) is 23.8 Å². The van der Waals surface area contributed by atoms with Crippen LogP contribution in [0.4, 0.5) is 5.69 Å². The topological polar surface area (TPSA) is 135 Å². The molecule has 3 rings (SSSR count). The summed E-state index contributed by atoms with van der Waals surface area (Å²) in [6, 6.07) is 9.72. The molecule has 0 atom stereocenters. The van der Waals surface area contributed by atoms with Crippen LogP contribution in [0.15, 0.2) is 52.1 Å². The van der Waals surface area contributed by atoms with Gasteiger partial charge < -0.3 is 10.1 Å². The van der Waals surface area contributed by atoms with Gasteiger partial charge in [-0.2, -0.15) is 0 Å². The van der Waals surface area contributed by atoms with Crippen LogP contribution in [0.25, 0.3) is 11.0 Å². The molecule has 0 saturated heterocycles. The van der Waals surface area contributed by atoms with Crippen molar-refractivity contribution in [3.8, 4) is 0 Å². The number of rotatable bonds is 4. The second-order valence-electron chi connectivity index (χ2n) is 5.31. The molecule has 0 spiro atoms. The molecule has 9 nitrogen and oxygen atoms in total. The van der Waals surface area contributed by atoms with Crippen LogP contribution in [-0.4, -0.2) is 25.6 Å². The molecule has 0 aliphatic rings. The average Bonchev–Trinajstić information content (AvgIpc) is 2.58. The van der Waals surface area contributed by atoms with Gasteiger partial charge in [-0.3, -0.25) is 24.3 Å². The van der Waals surface area contributed by atoms with Crippen molar-refractivity contribution in [2.45, 2.75) is 6.54 Å². The molecule has 25 heavy (non-hydrogen) atoms. The summed E-state index contributed by atoms with van der Waals surface area (Å²) >= 11 is 0. The predicted molar refractivity (Wildman–Crippen MR) is 88.0 cm³/mol. The Labute approximate surface area is 138 Å². The molecule has 0 aliphatic carbocycles. The fourth-order valence-corrected chi connectivity index (χ4v) is 2.52. The number of benzene rings is 2. The smallest absolute Gasteiger partial charge is 0.335 e. The van der Waals surface area contributed by atoms with Crippen molar-refractivity contribution < 1.29 is 14.8 Å². The maximum Gasteiger partial charge on any atom is 0.335 e. The molecule has 3 aromatic rings. The van der Waals surface area contributed by atoms with Gasteiger partial charge in [-0.15, -0.1) is 0 Å². The number of carboxylic acids is 1. The van der Waals surface area contributed by atoms with Crippen molar-refractivity contribution in [1.29, 1.82) is 0 Å². The first kappa shape index (κ1) is 16.1. The van der Waals surface area contributed by atoms with Gasteiger partial charge in [-0.25, -0.2) is 4.79 Å². The lowest BCUT2D eigenvalue weighted by Gasteiger charge is -2.10. The number of nitrogens with one attached hydrogen (secondary N) is 1. The molecular weight excluding hydrogens is 330 g/mol. The third-order valence-corrected chi connectivity index (χ3v) is 3.68. The first-order chi connectivity index (χ1) is 11.9. The zero-order valence-electron chi connectivity index (χ0n) is 12.6. The van der Waals surface area contributed by atoms with E-state index in [4.69, 9.17) is 5.11 Å². The molecule has 1 aromatic heterocycles. The van der Waals surface area contributed by atoms with Crippen LogP contribution in [0.5, 0.6) is 0 Å². The zero-order valence-corrected chi connectivity index (χ0v) is 12.6. The summed E-state index contributed by atoms with van der Waals surface area (Å²) in [5.74, 6) is -1.11. The minimum absolute atomic E-state index is 0.0435. The number of hydrogen-bond donors (Lipinski definition) is 2. The number of non-ortho nitro benzene ring substituents is 1. The number of H-pyrrole nitrogens is 1. The first-order valence-corrected chi connectivity index (χ1v) is 7.10. The van der Waals surface area contributed by atoms with Gasteiger partial charge in [0.1, 0.15) is 0 Å². The summed E-state index contributed by atoms with van der Waals surface area (Å²) in [6.45, 7) is -0.0435.